The third kappa shape index (κ3) is 4.12. The highest BCUT2D eigenvalue weighted by Crippen LogP contribution is 2.42. The van der Waals surface area contributed by atoms with Crippen molar-refractivity contribution >= 4 is 27.4 Å². The fourth-order valence-electron chi connectivity index (χ4n) is 3.50. The predicted molar refractivity (Wildman–Crippen MR) is 116 cm³/mol. The van der Waals surface area contributed by atoms with E-state index >= 15 is 0 Å². The van der Waals surface area contributed by atoms with Gasteiger partial charge in [0.2, 0.25) is 10.0 Å². The highest BCUT2D eigenvalue weighted by molar-refractivity contribution is 7.92. The van der Waals surface area contributed by atoms with Crippen LogP contribution in [0.1, 0.15) is 22.3 Å². The molecule has 0 fully saturated rings. The van der Waals surface area contributed by atoms with Crippen LogP contribution in [0, 0.1) is 0 Å². The number of para-hydroxylation sites is 1. The van der Waals surface area contributed by atoms with Crippen molar-refractivity contribution in [2.24, 2.45) is 0 Å². The molecule has 4 rings (SSSR count). The summed E-state index contributed by atoms with van der Waals surface area (Å²) < 4.78 is 37.4. The van der Waals surface area contributed by atoms with Crippen LogP contribution in [0.15, 0.2) is 66.7 Å². The second-order valence-corrected chi connectivity index (χ2v) is 8.59. The van der Waals surface area contributed by atoms with Crippen LogP contribution in [0.3, 0.4) is 0 Å². The molecular formula is C23H21NO4S. The third-order valence-electron chi connectivity index (χ3n) is 4.66. The van der Waals surface area contributed by atoms with E-state index in [1.807, 2.05) is 60.7 Å². The lowest BCUT2D eigenvalue weighted by Gasteiger charge is -2.14. The average molecular weight is 407 g/mol. The fourth-order valence-corrected chi connectivity index (χ4v) is 4.06. The zero-order chi connectivity index (χ0) is 20.4. The first-order chi connectivity index (χ1) is 13.9. The molecule has 148 valence electrons. The van der Waals surface area contributed by atoms with Gasteiger partial charge in [-0.15, -0.1) is 0 Å². The first-order valence-corrected chi connectivity index (χ1v) is 11.0. The highest BCUT2D eigenvalue weighted by atomic mass is 32.2. The number of ether oxygens (including phenoxy) is 2. The van der Waals surface area contributed by atoms with E-state index in [-0.39, 0.29) is 0 Å². The quantitative estimate of drug-likeness (QED) is 0.689. The Bertz CT molecular complexity index is 1200. The summed E-state index contributed by atoms with van der Waals surface area (Å²) in [5, 5.41) is 0. The molecule has 0 aliphatic carbocycles. The lowest BCUT2D eigenvalue weighted by molar-refractivity contribution is 0.306. The number of hydrogen-bond acceptors (Lipinski definition) is 4. The van der Waals surface area contributed by atoms with E-state index in [2.05, 4.69) is 4.72 Å². The highest BCUT2D eigenvalue weighted by Gasteiger charge is 2.22. The molecule has 1 heterocycles. The van der Waals surface area contributed by atoms with Crippen LogP contribution >= 0.6 is 0 Å². The standard InChI is InChI=1S/C23H21NO4S/c1-27-22-12-6-8-17-15-28-21-11-4-3-10-19(21)20(23(17)22)14-16-7-5-9-18(13-16)24-29(2,25)26/h3-14,24H,15H2,1-2H3. The molecule has 0 spiro atoms. The Morgan fingerprint density at radius 1 is 1.03 bits per heavy atom. The van der Waals surface area contributed by atoms with Crippen molar-refractivity contribution in [3.63, 3.8) is 0 Å². The van der Waals surface area contributed by atoms with E-state index in [9.17, 15) is 8.42 Å². The van der Waals surface area contributed by atoms with E-state index in [0.717, 1.165) is 45.6 Å². The van der Waals surface area contributed by atoms with E-state index < -0.39 is 10.0 Å². The van der Waals surface area contributed by atoms with Gasteiger partial charge in [-0.2, -0.15) is 0 Å². The van der Waals surface area contributed by atoms with Gasteiger partial charge in [-0.3, -0.25) is 4.72 Å². The molecule has 3 aromatic carbocycles. The first-order valence-electron chi connectivity index (χ1n) is 9.12. The molecule has 29 heavy (non-hydrogen) atoms. The number of benzene rings is 3. The second kappa shape index (κ2) is 7.64. The summed E-state index contributed by atoms with van der Waals surface area (Å²) in [6, 6.07) is 21.1. The van der Waals surface area contributed by atoms with Gasteiger partial charge in [0.15, 0.2) is 0 Å². The number of sulfonamides is 1. The minimum Gasteiger partial charge on any atom is -0.496 e. The maximum atomic E-state index is 11.6. The number of rotatable bonds is 4. The summed E-state index contributed by atoms with van der Waals surface area (Å²) in [6.07, 6.45) is 3.17. The smallest absolute Gasteiger partial charge is 0.229 e. The monoisotopic (exact) mass is 407 g/mol. The number of anilines is 1. The molecule has 5 nitrogen and oxygen atoms in total. The summed E-state index contributed by atoms with van der Waals surface area (Å²) in [5.41, 5.74) is 5.29. The molecule has 0 atom stereocenters. The summed E-state index contributed by atoms with van der Waals surface area (Å²) in [7, 11) is -1.70. The zero-order valence-electron chi connectivity index (χ0n) is 16.2. The Balaban J connectivity index is 1.92. The summed E-state index contributed by atoms with van der Waals surface area (Å²) in [6.45, 7) is 0.441. The van der Waals surface area contributed by atoms with Gasteiger partial charge < -0.3 is 9.47 Å². The van der Waals surface area contributed by atoms with Crippen LogP contribution in [0.2, 0.25) is 0 Å². The van der Waals surface area contributed by atoms with Crippen molar-refractivity contribution in [2.75, 3.05) is 18.1 Å². The Morgan fingerprint density at radius 3 is 2.62 bits per heavy atom. The molecule has 0 bridgehead atoms. The van der Waals surface area contributed by atoms with Crippen LogP contribution in [-0.2, 0) is 16.6 Å². The molecule has 0 amide bonds. The van der Waals surface area contributed by atoms with Gasteiger partial charge in [-0.25, -0.2) is 8.42 Å². The Hall–Kier alpha value is -3.25. The molecule has 0 saturated heterocycles. The second-order valence-electron chi connectivity index (χ2n) is 6.84. The van der Waals surface area contributed by atoms with Gasteiger partial charge >= 0.3 is 0 Å². The van der Waals surface area contributed by atoms with Gasteiger partial charge in [-0.1, -0.05) is 42.5 Å². The molecule has 1 aliphatic rings. The molecular weight excluding hydrogens is 386 g/mol. The van der Waals surface area contributed by atoms with Gasteiger partial charge in [0.25, 0.3) is 0 Å². The van der Waals surface area contributed by atoms with Crippen LogP contribution in [-0.4, -0.2) is 21.8 Å². The minimum absolute atomic E-state index is 0.441. The maximum Gasteiger partial charge on any atom is 0.229 e. The van der Waals surface area contributed by atoms with E-state index in [4.69, 9.17) is 9.47 Å². The number of methoxy groups -OCH3 is 1. The average Bonchev–Trinajstić information content (AvgIpc) is 2.84. The van der Waals surface area contributed by atoms with Crippen molar-refractivity contribution in [1.82, 2.24) is 0 Å². The van der Waals surface area contributed by atoms with Crippen LogP contribution < -0.4 is 14.2 Å². The van der Waals surface area contributed by atoms with E-state index in [1.165, 1.54) is 0 Å². The normalized spacial score (nSPS) is 14.3. The number of nitrogens with one attached hydrogen (secondary N) is 1. The number of fused-ring (bicyclic) bond motifs is 2. The Labute approximate surface area is 170 Å². The number of hydrogen-bond donors (Lipinski definition) is 1. The van der Waals surface area contributed by atoms with Crippen molar-refractivity contribution in [1.29, 1.82) is 0 Å². The summed E-state index contributed by atoms with van der Waals surface area (Å²) in [4.78, 5) is 0. The van der Waals surface area contributed by atoms with Crippen molar-refractivity contribution in [3.05, 3.63) is 89.0 Å². The van der Waals surface area contributed by atoms with Gasteiger partial charge in [0, 0.05) is 22.4 Å². The van der Waals surface area contributed by atoms with E-state index in [0.29, 0.717) is 12.3 Å². The van der Waals surface area contributed by atoms with Gasteiger partial charge in [-0.05, 0) is 41.5 Å². The Morgan fingerprint density at radius 2 is 1.83 bits per heavy atom. The molecule has 6 heteroatoms. The topological polar surface area (TPSA) is 64.6 Å². The van der Waals surface area contributed by atoms with Crippen LogP contribution in [0.25, 0.3) is 11.6 Å². The largest absolute Gasteiger partial charge is 0.496 e. The maximum absolute atomic E-state index is 11.6. The van der Waals surface area contributed by atoms with Gasteiger partial charge in [0.05, 0.1) is 13.4 Å². The molecule has 0 unspecified atom stereocenters. The molecule has 1 N–H and O–H groups in total. The third-order valence-corrected chi connectivity index (χ3v) is 5.27. The SMILES string of the molecule is COc1cccc2c1C(=Cc1cccc(NS(C)(=O)=O)c1)c1ccccc1OC2. The Kier molecular flexibility index (Phi) is 5.03. The molecule has 0 aromatic heterocycles. The van der Waals surface area contributed by atoms with Crippen LogP contribution in [0.4, 0.5) is 5.69 Å². The van der Waals surface area contributed by atoms with Crippen molar-refractivity contribution in [3.8, 4) is 11.5 Å². The fraction of sp³-hybridized carbons (Fsp3) is 0.130. The zero-order valence-corrected chi connectivity index (χ0v) is 17.0. The summed E-state index contributed by atoms with van der Waals surface area (Å²) in [5.74, 6) is 1.56. The summed E-state index contributed by atoms with van der Waals surface area (Å²) >= 11 is 0. The molecule has 3 aromatic rings. The van der Waals surface area contributed by atoms with Crippen molar-refractivity contribution < 1.29 is 17.9 Å². The van der Waals surface area contributed by atoms with Crippen LogP contribution in [0.5, 0.6) is 11.5 Å². The molecule has 0 saturated carbocycles. The lowest BCUT2D eigenvalue weighted by atomic mass is 9.92. The van der Waals surface area contributed by atoms with Crippen molar-refractivity contribution in [2.45, 2.75) is 6.61 Å². The van der Waals surface area contributed by atoms with Gasteiger partial charge in [0.1, 0.15) is 18.1 Å². The molecule has 1 aliphatic heterocycles. The predicted octanol–water partition coefficient (Wildman–Crippen LogP) is 4.55. The first kappa shape index (κ1) is 19.1. The molecule has 0 radical (unpaired) electrons. The van der Waals surface area contributed by atoms with E-state index in [1.54, 1.807) is 19.2 Å². The lowest BCUT2D eigenvalue weighted by Crippen LogP contribution is -2.09. The minimum atomic E-state index is -3.35.